The number of ether oxygens (including phenoxy) is 2. The van der Waals surface area contributed by atoms with E-state index in [0.717, 1.165) is 20.6 Å². The first-order valence-corrected chi connectivity index (χ1v) is 8.21. The summed E-state index contributed by atoms with van der Waals surface area (Å²) < 4.78 is 11.9. The highest BCUT2D eigenvalue weighted by atomic mass is 127. The van der Waals surface area contributed by atoms with E-state index < -0.39 is 0 Å². The summed E-state index contributed by atoms with van der Waals surface area (Å²) in [4.78, 5) is 12.2. The van der Waals surface area contributed by atoms with Gasteiger partial charge in [0.15, 0.2) is 11.5 Å². The van der Waals surface area contributed by atoms with Gasteiger partial charge in [0, 0.05) is 15.7 Å². The third kappa shape index (κ3) is 3.47. The van der Waals surface area contributed by atoms with Crippen LogP contribution in [0.3, 0.4) is 0 Å². The molecule has 0 atom stereocenters. The topological polar surface area (TPSA) is 47.6 Å². The monoisotopic (exact) mass is 429 g/mol. The molecule has 0 saturated heterocycles. The summed E-state index contributed by atoms with van der Waals surface area (Å²) in [7, 11) is 0. The number of rotatable bonds is 3. The fourth-order valence-corrected chi connectivity index (χ4v) is 2.75. The summed E-state index contributed by atoms with van der Waals surface area (Å²) in [5.41, 5.74) is 1.55. The van der Waals surface area contributed by atoms with Crippen molar-refractivity contribution in [3.8, 4) is 11.5 Å². The van der Waals surface area contributed by atoms with Gasteiger partial charge in [0.05, 0.1) is 5.02 Å². The predicted octanol–water partition coefficient (Wildman–Crippen LogP) is 3.65. The molecule has 1 aliphatic heterocycles. The van der Waals surface area contributed by atoms with E-state index >= 15 is 0 Å². The number of halogens is 2. The average Bonchev–Trinajstić information content (AvgIpc) is 2.55. The molecule has 3 rings (SSSR count). The highest BCUT2D eigenvalue weighted by Gasteiger charge is 2.12. The molecule has 2 aromatic rings. The fourth-order valence-electron chi connectivity index (χ4n) is 2.12. The summed E-state index contributed by atoms with van der Waals surface area (Å²) in [6, 6.07) is 10.9. The Balaban J connectivity index is 1.66. The third-order valence-corrected chi connectivity index (χ3v) is 4.78. The zero-order valence-corrected chi connectivity index (χ0v) is 14.5. The maximum Gasteiger partial charge on any atom is 0.251 e. The fraction of sp³-hybridized carbons (Fsp3) is 0.188. The molecule has 1 amide bonds. The standard InChI is InChI=1S/C16H13ClINO3/c17-12-3-2-11(8-13(12)18)16(20)19-9-10-1-4-14-15(7-10)22-6-5-21-14/h1-4,7-8H,5-6,9H2,(H,19,20). The van der Waals surface area contributed by atoms with Crippen LogP contribution in [0.2, 0.25) is 5.02 Å². The first-order valence-electron chi connectivity index (χ1n) is 6.75. The van der Waals surface area contributed by atoms with E-state index in [9.17, 15) is 4.79 Å². The van der Waals surface area contributed by atoms with E-state index in [0.29, 0.717) is 30.3 Å². The van der Waals surface area contributed by atoms with Gasteiger partial charge in [0.1, 0.15) is 13.2 Å². The van der Waals surface area contributed by atoms with Crippen LogP contribution in [-0.2, 0) is 6.54 Å². The second-order valence-corrected chi connectivity index (χ2v) is 6.36. The minimum atomic E-state index is -0.135. The van der Waals surface area contributed by atoms with Gasteiger partial charge >= 0.3 is 0 Å². The number of carbonyl (C=O) groups excluding carboxylic acids is 1. The van der Waals surface area contributed by atoms with Crippen molar-refractivity contribution < 1.29 is 14.3 Å². The van der Waals surface area contributed by atoms with Gasteiger partial charge in [-0.25, -0.2) is 0 Å². The summed E-state index contributed by atoms with van der Waals surface area (Å²) in [6.07, 6.45) is 0. The van der Waals surface area contributed by atoms with E-state index in [1.165, 1.54) is 0 Å². The Labute approximate surface area is 146 Å². The molecule has 0 aromatic heterocycles. The second kappa shape index (κ2) is 6.75. The third-order valence-electron chi connectivity index (χ3n) is 3.24. The Morgan fingerprint density at radius 2 is 1.91 bits per heavy atom. The Bertz CT molecular complexity index is 721. The van der Waals surface area contributed by atoms with Gasteiger partial charge in [0.2, 0.25) is 0 Å². The van der Waals surface area contributed by atoms with Gasteiger partial charge in [-0.05, 0) is 58.5 Å². The second-order valence-electron chi connectivity index (χ2n) is 4.79. The Morgan fingerprint density at radius 3 is 2.68 bits per heavy atom. The smallest absolute Gasteiger partial charge is 0.251 e. The normalized spacial score (nSPS) is 12.8. The molecule has 0 unspecified atom stereocenters. The Morgan fingerprint density at radius 1 is 1.14 bits per heavy atom. The number of carbonyl (C=O) groups is 1. The van der Waals surface area contributed by atoms with Crippen molar-refractivity contribution in [2.24, 2.45) is 0 Å². The van der Waals surface area contributed by atoms with Crippen molar-refractivity contribution >= 4 is 40.1 Å². The number of fused-ring (bicyclic) bond motifs is 1. The molecule has 0 bridgehead atoms. The lowest BCUT2D eigenvalue weighted by atomic mass is 10.1. The molecule has 2 aromatic carbocycles. The molecule has 1 aliphatic rings. The number of benzene rings is 2. The molecule has 0 aliphatic carbocycles. The first kappa shape index (κ1) is 15.4. The van der Waals surface area contributed by atoms with Gasteiger partial charge in [-0.3, -0.25) is 4.79 Å². The van der Waals surface area contributed by atoms with Crippen molar-refractivity contribution in [1.29, 1.82) is 0 Å². The van der Waals surface area contributed by atoms with Gasteiger partial charge in [-0.1, -0.05) is 17.7 Å². The van der Waals surface area contributed by atoms with Crippen LogP contribution in [0.15, 0.2) is 36.4 Å². The van der Waals surface area contributed by atoms with Gasteiger partial charge in [-0.15, -0.1) is 0 Å². The van der Waals surface area contributed by atoms with Crippen LogP contribution in [0.4, 0.5) is 0 Å². The summed E-state index contributed by atoms with van der Waals surface area (Å²) in [5, 5.41) is 3.53. The van der Waals surface area contributed by atoms with Crippen LogP contribution >= 0.6 is 34.2 Å². The van der Waals surface area contributed by atoms with E-state index in [4.69, 9.17) is 21.1 Å². The molecule has 1 heterocycles. The highest BCUT2D eigenvalue weighted by molar-refractivity contribution is 14.1. The van der Waals surface area contributed by atoms with Crippen LogP contribution < -0.4 is 14.8 Å². The lowest BCUT2D eigenvalue weighted by Crippen LogP contribution is -2.23. The van der Waals surface area contributed by atoms with Crippen molar-refractivity contribution in [3.63, 3.8) is 0 Å². The Kier molecular flexibility index (Phi) is 4.73. The molecule has 0 radical (unpaired) electrons. The van der Waals surface area contributed by atoms with Crippen LogP contribution in [0.25, 0.3) is 0 Å². The van der Waals surface area contributed by atoms with Crippen LogP contribution in [0, 0.1) is 3.57 Å². The maximum atomic E-state index is 12.2. The lowest BCUT2D eigenvalue weighted by Gasteiger charge is -2.19. The highest BCUT2D eigenvalue weighted by Crippen LogP contribution is 2.30. The first-order chi connectivity index (χ1) is 10.6. The van der Waals surface area contributed by atoms with Crippen molar-refractivity contribution in [2.45, 2.75) is 6.54 Å². The van der Waals surface area contributed by atoms with Crippen molar-refractivity contribution in [2.75, 3.05) is 13.2 Å². The van der Waals surface area contributed by atoms with Crippen molar-refractivity contribution in [1.82, 2.24) is 5.32 Å². The summed E-state index contributed by atoms with van der Waals surface area (Å²) in [6.45, 7) is 1.54. The molecule has 0 fully saturated rings. The molecule has 6 heteroatoms. The number of hydrogen-bond donors (Lipinski definition) is 1. The summed E-state index contributed by atoms with van der Waals surface area (Å²) in [5.74, 6) is 1.33. The van der Waals surface area contributed by atoms with Gasteiger partial charge < -0.3 is 14.8 Å². The molecule has 114 valence electrons. The zero-order chi connectivity index (χ0) is 15.5. The maximum absolute atomic E-state index is 12.2. The number of hydrogen-bond acceptors (Lipinski definition) is 3. The summed E-state index contributed by atoms with van der Waals surface area (Å²) >= 11 is 8.07. The lowest BCUT2D eigenvalue weighted by molar-refractivity contribution is 0.0950. The van der Waals surface area contributed by atoms with E-state index in [-0.39, 0.29) is 5.91 Å². The predicted molar refractivity (Wildman–Crippen MR) is 92.8 cm³/mol. The van der Waals surface area contributed by atoms with Crippen molar-refractivity contribution in [3.05, 3.63) is 56.1 Å². The largest absolute Gasteiger partial charge is 0.486 e. The quantitative estimate of drug-likeness (QED) is 0.758. The molecule has 4 nitrogen and oxygen atoms in total. The van der Waals surface area contributed by atoms with E-state index in [1.807, 2.05) is 18.2 Å². The van der Waals surface area contributed by atoms with E-state index in [2.05, 4.69) is 27.9 Å². The SMILES string of the molecule is O=C(NCc1ccc2c(c1)OCCO2)c1ccc(Cl)c(I)c1. The molecule has 0 saturated carbocycles. The number of nitrogens with one attached hydrogen (secondary N) is 1. The van der Waals surface area contributed by atoms with E-state index in [1.54, 1.807) is 18.2 Å². The number of amides is 1. The van der Waals surface area contributed by atoms with Crippen LogP contribution in [0.1, 0.15) is 15.9 Å². The zero-order valence-electron chi connectivity index (χ0n) is 11.6. The minimum absolute atomic E-state index is 0.135. The minimum Gasteiger partial charge on any atom is -0.486 e. The molecular formula is C16H13ClINO3. The molecule has 1 N–H and O–H groups in total. The van der Waals surface area contributed by atoms with Gasteiger partial charge in [0.25, 0.3) is 5.91 Å². The van der Waals surface area contributed by atoms with Gasteiger partial charge in [-0.2, -0.15) is 0 Å². The van der Waals surface area contributed by atoms with Crippen LogP contribution in [-0.4, -0.2) is 19.1 Å². The molecule has 0 spiro atoms. The van der Waals surface area contributed by atoms with Crippen LogP contribution in [0.5, 0.6) is 11.5 Å². The molecular weight excluding hydrogens is 417 g/mol. The average molecular weight is 430 g/mol. The molecule has 22 heavy (non-hydrogen) atoms. The Hall–Kier alpha value is -1.47.